The van der Waals surface area contributed by atoms with Gasteiger partial charge in [-0.15, -0.1) is 0 Å². The van der Waals surface area contributed by atoms with Crippen LogP contribution in [0.1, 0.15) is 11.4 Å². The maximum Gasteiger partial charge on any atom is 0.387 e. The van der Waals surface area contributed by atoms with Gasteiger partial charge in [-0.25, -0.2) is 0 Å². The third kappa shape index (κ3) is 4.17. The second-order valence-corrected chi connectivity index (χ2v) is 3.90. The molecular weight excluding hydrogens is 252 g/mol. The average molecular weight is 265 g/mol. The largest absolute Gasteiger partial charge is 0.433 e. The Hall–Kier alpha value is -2.24. The molecule has 0 amide bonds. The predicted molar refractivity (Wildman–Crippen MR) is 67.2 cm³/mol. The van der Waals surface area contributed by atoms with Crippen LogP contribution in [0.15, 0.2) is 36.7 Å². The van der Waals surface area contributed by atoms with Gasteiger partial charge >= 0.3 is 6.61 Å². The molecule has 0 atom stereocenters. The number of aromatic nitrogens is 2. The van der Waals surface area contributed by atoms with E-state index in [-0.39, 0.29) is 5.75 Å². The first-order valence-corrected chi connectivity index (χ1v) is 5.70. The molecule has 0 aliphatic carbocycles. The molecule has 0 bridgehead atoms. The topological polar surface area (TPSA) is 47.0 Å². The first-order valence-electron chi connectivity index (χ1n) is 5.70. The van der Waals surface area contributed by atoms with Crippen LogP contribution < -0.4 is 10.1 Å². The van der Waals surface area contributed by atoms with Crippen molar-refractivity contribution >= 4 is 5.69 Å². The van der Waals surface area contributed by atoms with Crippen LogP contribution in [0.4, 0.5) is 14.5 Å². The van der Waals surface area contributed by atoms with Crippen LogP contribution in [-0.4, -0.2) is 16.6 Å². The number of rotatable bonds is 5. The molecule has 2 heterocycles. The summed E-state index contributed by atoms with van der Waals surface area (Å²) in [6.45, 7) is -0.427. The summed E-state index contributed by atoms with van der Waals surface area (Å²) in [5.41, 5.74) is 2.58. The van der Waals surface area contributed by atoms with E-state index < -0.39 is 6.61 Å². The van der Waals surface area contributed by atoms with Crippen molar-refractivity contribution in [3.05, 3.63) is 48.0 Å². The van der Waals surface area contributed by atoms with E-state index in [1.54, 1.807) is 12.3 Å². The highest BCUT2D eigenvalue weighted by Crippen LogP contribution is 2.13. The number of alkyl halides is 2. The Morgan fingerprint density at radius 1 is 1.26 bits per heavy atom. The molecule has 2 aromatic heterocycles. The summed E-state index contributed by atoms with van der Waals surface area (Å²) >= 11 is 0. The lowest BCUT2D eigenvalue weighted by atomic mass is 10.3. The molecule has 0 spiro atoms. The molecule has 4 nitrogen and oxygen atoms in total. The van der Waals surface area contributed by atoms with E-state index in [0.717, 1.165) is 17.1 Å². The Bertz CT molecular complexity index is 532. The third-order valence-electron chi connectivity index (χ3n) is 2.39. The summed E-state index contributed by atoms with van der Waals surface area (Å²) in [7, 11) is 0. The summed E-state index contributed by atoms with van der Waals surface area (Å²) in [6.07, 6.45) is 2.99. The Balaban J connectivity index is 1.93. The Kier molecular flexibility index (Phi) is 4.22. The fraction of sp³-hybridized carbons (Fsp3) is 0.231. The van der Waals surface area contributed by atoms with Crippen LogP contribution >= 0.6 is 0 Å². The second-order valence-electron chi connectivity index (χ2n) is 3.90. The number of hydrogen-bond donors (Lipinski definition) is 1. The van der Waals surface area contributed by atoms with Gasteiger partial charge in [0.1, 0.15) is 5.75 Å². The molecule has 0 fully saturated rings. The van der Waals surface area contributed by atoms with Gasteiger partial charge in [-0.1, -0.05) is 0 Å². The van der Waals surface area contributed by atoms with Crippen molar-refractivity contribution in [3.63, 3.8) is 0 Å². The summed E-state index contributed by atoms with van der Waals surface area (Å²) in [5, 5.41) is 3.17. The molecule has 0 aliphatic heterocycles. The summed E-state index contributed by atoms with van der Waals surface area (Å²) in [6, 6.07) is 6.86. The van der Waals surface area contributed by atoms with Crippen LogP contribution in [0.2, 0.25) is 0 Å². The maximum atomic E-state index is 12.0. The van der Waals surface area contributed by atoms with Crippen molar-refractivity contribution in [1.82, 2.24) is 9.97 Å². The number of anilines is 1. The summed E-state index contributed by atoms with van der Waals surface area (Å²) in [4.78, 5) is 8.12. The second kappa shape index (κ2) is 6.08. The van der Waals surface area contributed by atoms with Gasteiger partial charge < -0.3 is 10.1 Å². The number of aryl methyl sites for hydroxylation is 1. The van der Waals surface area contributed by atoms with E-state index in [4.69, 9.17) is 0 Å². The monoisotopic (exact) mass is 265 g/mol. The molecule has 2 rings (SSSR count). The molecule has 0 unspecified atom stereocenters. The molecule has 0 saturated carbocycles. The van der Waals surface area contributed by atoms with E-state index >= 15 is 0 Å². The normalized spacial score (nSPS) is 10.5. The van der Waals surface area contributed by atoms with Gasteiger partial charge in [0.05, 0.1) is 18.4 Å². The van der Waals surface area contributed by atoms with Crippen molar-refractivity contribution in [1.29, 1.82) is 0 Å². The van der Waals surface area contributed by atoms with Crippen molar-refractivity contribution < 1.29 is 13.5 Å². The number of nitrogens with zero attached hydrogens (tertiary/aromatic N) is 2. The van der Waals surface area contributed by atoms with Crippen molar-refractivity contribution in [2.24, 2.45) is 0 Å². The number of halogens is 2. The predicted octanol–water partition coefficient (Wildman–Crippen LogP) is 3.00. The molecule has 0 saturated heterocycles. The van der Waals surface area contributed by atoms with E-state index in [9.17, 15) is 8.78 Å². The smallest absolute Gasteiger partial charge is 0.387 e. The van der Waals surface area contributed by atoms with Gasteiger partial charge in [0.2, 0.25) is 0 Å². The molecule has 2 aromatic rings. The van der Waals surface area contributed by atoms with Crippen molar-refractivity contribution in [3.8, 4) is 5.75 Å². The number of nitrogens with one attached hydrogen (secondary N) is 1. The van der Waals surface area contributed by atoms with Gasteiger partial charge in [-0.3, -0.25) is 9.97 Å². The zero-order valence-electron chi connectivity index (χ0n) is 10.3. The Morgan fingerprint density at radius 3 is 2.74 bits per heavy atom. The van der Waals surface area contributed by atoms with Gasteiger partial charge in [-0.05, 0) is 31.2 Å². The van der Waals surface area contributed by atoms with Gasteiger partial charge in [-0.2, -0.15) is 8.78 Å². The highest BCUT2D eigenvalue weighted by atomic mass is 19.3. The number of hydrogen-bond acceptors (Lipinski definition) is 4. The molecule has 6 heteroatoms. The molecule has 0 aliphatic rings. The Labute approximate surface area is 109 Å². The zero-order valence-corrected chi connectivity index (χ0v) is 10.3. The summed E-state index contributed by atoms with van der Waals surface area (Å²) < 4.78 is 28.1. The van der Waals surface area contributed by atoms with E-state index in [2.05, 4.69) is 20.0 Å². The number of ether oxygens (including phenoxy) is 1. The third-order valence-corrected chi connectivity index (χ3v) is 2.39. The Morgan fingerprint density at radius 2 is 2.11 bits per heavy atom. The van der Waals surface area contributed by atoms with Crippen molar-refractivity contribution in [2.45, 2.75) is 20.1 Å². The quantitative estimate of drug-likeness (QED) is 0.902. The highest BCUT2D eigenvalue weighted by Gasteiger charge is 2.04. The minimum atomic E-state index is -2.83. The lowest BCUT2D eigenvalue weighted by Gasteiger charge is -2.07. The fourth-order valence-electron chi connectivity index (χ4n) is 1.54. The van der Waals surface area contributed by atoms with Crippen LogP contribution in [0.25, 0.3) is 0 Å². The first kappa shape index (κ1) is 13.2. The van der Waals surface area contributed by atoms with Gasteiger partial charge in [0.25, 0.3) is 0 Å². The van der Waals surface area contributed by atoms with Crippen molar-refractivity contribution in [2.75, 3.05) is 5.32 Å². The van der Waals surface area contributed by atoms with E-state index in [1.165, 1.54) is 12.3 Å². The number of pyridine rings is 2. The molecular formula is C13H13F2N3O. The van der Waals surface area contributed by atoms with E-state index in [1.807, 2.05) is 19.1 Å². The SMILES string of the molecule is Cc1cc(NCc2ccc(OC(F)F)cn2)ccn1. The van der Waals surface area contributed by atoms with Gasteiger partial charge in [0.15, 0.2) is 0 Å². The molecule has 1 N–H and O–H groups in total. The minimum Gasteiger partial charge on any atom is -0.433 e. The molecule has 19 heavy (non-hydrogen) atoms. The van der Waals surface area contributed by atoms with Crippen LogP contribution in [0.5, 0.6) is 5.75 Å². The summed E-state index contributed by atoms with van der Waals surface area (Å²) in [5.74, 6) is 0.0542. The molecule has 0 aromatic carbocycles. The lowest BCUT2D eigenvalue weighted by molar-refractivity contribution is -0.0500. The van der Waals surface area contributed by atoms with Crippen LogP contribution in [0.3, 0.4) is 0 Å². The van der Waals surface area contributed by atoms with Gasteiger partial charge in [0, 0.05) is 17.6 Å². The lowest BCUT2D eigenvalue weighted by Crippen LogP contribution is -2.04. The first-order chi connectivity index (χ1) is 9.13. The average Bonchev–Trinajstić information content (AvgIpc) is 2.37. The molecule has 100 valence electrons. The van der Waals surface area contributed by atoms with Crippen LogP contribution in [-0.2, 0) is 6.54 Å². The zero-order chi connectivity index (χ0) is 13.7. The standard InChI is InChI=1S/C13H13F2N3O/c1-9-6-10(4-5-16-9)17-7-11-2-3-12(8-18-11)19-13(14)15/h2-6,8,13H,7H2,1H3,(H,16,17). The highest BCUT2D eigenvalue weighted by molar-refractivity contribution is 5.43. The minimum absolute atomic E-state index is 0.0542. The van der Waals surface area contributed by atoms with E-state index in [0.29, 0.717) is 6.54 Å². The van der Waals surface area contributed by atoms with Crippen LogP contribution in [0, 0.1) is 6.92 Å². The molecule has 0 radical (unpaired) electrons. The fourth-order valence-corrected chi connectivity index (χ4v) is 1.54. The maximum absolute atomic E-state index is 12.0.